The van der Waals surface area contributed by atoms with Gasteiger partial charge in [-0.3, -0.25) is 15.6 Å². The summed E-state index contributed by atoms with van der Waals surface area (Å²) in [5, 5.41) is 10.4. The van der Waals surface area contributed by atoms with Gasteiger partial charge in [0.2, 0.25) is 0 Å². The molecule has 0 aromatic heterocycles. The van der Waals surface area contributed by atoms with Gasteiger partial charge in [-0.1, -0.05) is 46.9 Å². The number of phenolic OH excluding ortho intramolecular Hbond substituents is 1. The van der Waals surface area contributed by atoms with Crippen LogP contribution >= 0.6 is 34.8 Å². The van der Waals surface area contributed by atoms with Crippen molar-refractivity contribution in [3.8, 4) is 11.5 Å². The third-order valence-corrected chi connectivity index (χ3v) is 3.37. The van der Waals surface area contributed by atoms with E-state index in [4.69, 9.17) is 39.5 Å². The lowest BCUT2D eigenvalue weighted by Crippen LogP contribution is -2.33. The molecule has 0 radical (unpaired) electrons. The average Bonchev–Trinajstić information content (AvgIpc) is 2.45. The quantitative estimate of drug-likeness (QED) is 0.707. The van der Waals surface area contributed by atoms with Crippen LogP contribution in [0.5, 0.6) is 11.5 Å². The average molecular weight is 362 g/mol. The van der Waals surface area contributed by atoms with Gasteiger partial charge in [0, 0.05) is 5.02 Å². The van der Waals surface area contributed by atoms with Crippen molar-refractivity contribution < 1.29 is 14.6 Å². The Morgan fingerprint density at radius 1 is 1.14 bits per heavy atom. The predicted molar refractivity (Wildman–Crippen MR) is 86.8 cm³/mol. The Balaban J connectivity index is 1.90. The first-order valence-electron chi connectivity index (χ1n) is 6.07. The summed E-state index contributed by atoms with van der Waals surface area (Å²) in [5.41, 5.74) is 5.30. The van der Waals surface area contributed by atoms with Crippen molar-refractivity contribution in [1.82, 2.24) is 5.43 Å². The van der Waals surface area contributed by atoms with Crippen LogP contribution < -0.4 is 15.6 Å². The first-order valence-corrected chi connectivity index (χ1v) is 7.21. The molecule has 2 rings (SSSR count). The number of phenols is 1. The van der Waals surface area contributed by atoms with E-state index < -0.39 is 5.91 Å². The zero-order chi connectivity index (χ0) is 16.1. The van der Waals surface area contributed by atoms with Gasteiger partial charge in [0.15, 0.2) is 18.1 Å². The first kappa shape index (κ1) is 16.5. The second-order valence-corrected chi connectivity index (χ2v) is 5.42. The smallest absolute Gasteiger partial charge is 0.276 e. The molecule has 0 atom stereocenters. The molecule has 0 bridgehead atoms. The van der Waals surface area contributed by atoms with Crippen LogP contribution in [0.25, 0.3) is 0 Å². The number of rotatable bonds is 5. The van der Waals surface area contributed by atoms with Gasteiger partial charge in [0.05, 0.1) is 15.7 Å². The first-order chi connectivity index (χ1) is 10.5. The Hall–Kier alpha value is -1.82. The molecule has 0 spiro atoms. The number of amides is 1. The van der Waals surface area contributed by atoms with Crippen molar-refractivity contribution in [2.24, 2.45) is 0 Å². The van der Waals surface area contributed by atoms with Crippen LogP contribution in [0.4, 0.5) is 5.69 Å². The SMILES string of the molecule is O=C(COc1ccccc1O)NNc1c(Cl)cc(Cl)cc1Cl. The molecule has 8 heteroatoms. The summed E-state index contributed by atoms with van der Waals surface area (Å²) >= 11 is 17.7. The lowest BCUT2D eigenvalue weighted by atomic mass is 10.3. The number of carbonyl (C=O) groups is 1. The van der Waals surface area contributed by atoms with Gasteiger partial charge in [-0.2, -0.15) is 0 Å². The lowest BCUT2D eigenvalue weighted by Gasteiger charge is -2.13. The van der Waals surface area contributed by atoms with Crippen LogP contribution in [0.3, 0.4) is 0 Å². The van der Waals surface area contributed by atoms with Crippen LogP contribution in [0.1, 0.15) is 0 Å². The molecule has 1 amide bonds. The van der Waals surface area contributed by atoms with E-state index in [2.05, 4.69) is 10.9 Å². The maximum atomic E-state index is 11.7. The zero-order valence-electron chi connectivity index (χ0n) is 11.1. The molecule has 0 heterocycles. The molecule has 116 valence electrons. The highest BCUT2D eigenvalue weighted by Crippen LogP contribution is 2.33. The highest BCUT2D eigenvalue weighted by molar-refractivity contribution is 6.41. The number of hydrogen-bond donors (Lipinski definition) is 3. The monoisotopic (exact) mass is 360 g/mol. The number of para-hydroxylation sites is 2. The summed E-state index contributed by atoms with van der Waals surface area (Å²) in [5.74, 6) is -0.322. The molecule has 3 N–H and O–H groups in total. The minimum absolute atomic E-state index is 0.0490. The van der Waals surface area contributed by atoms with Gasteiger partial charge >= 0.3 is 0 Å². The fourth-order valence-electron chi connectivity index (χ4n) is 1.55. The summed E-state index contributed by atoms with van der Waals surface area (Å²) in [7, 11) is 0. The van der Waals surface area contributed by atoms with Gasteiger partial charge < -0.3 is 9.84 Å². The molecule has 0 unspecified atom stereocenters. The Labute approximate surface area is 141 Å². The second-order valence-electron chi connectivity index (χ2n) is 4.17. The van der Waals surface area contributed by atoms with Gasteiger partial charge in [0.1, 0.15) is 0 Å². The topological polar surface area (TPSA) is 70.6 Å². The lowest BCUT2D eigenvalue weighted by molar-refractivity contribution is -0.122. The number of hydrogen-bond acceptors (Lipinski definition) is 4. The third-order valence-electron chi connectivity index (χ3n) is 2.56. The molecular weight excluding hydrogens is 351 g/mol. The molecule has 22 heavy (non-hydrogen) atoms. The molecule has 2 aromatic rings. The summed E-state index contributed by atoms with van der Waals surface area (Å²) in [4.78, 5) is 11.7. The van der Waals surface area contributed by atoms with E-state index in [9.17, 15) is 9.90 Å². The molecule has 2 aromatic carbocycles. The summed E-state index contributed by atoms with van der Waals surface area (Å²) in [6.07, 6.45) is 0. The van der Waals surface area contributed by atoms with E-state index in [1.165, 1.54) is 18.2 Å². The summed E-state index contributed by atoms with van der Waals surface area (Å²) in [6, 6.07) is 9.30. The number of hydrazine groups is 1. The fraction of sp³-hybridized carbons (Fsp3) is 0.0714. The number of halogens is 3. The second kappa shape index (κ2) is 7.45. The van der Waals surface area contributed by atoms with E-state index in [1.54, 1.807) is 18.2 Å². The fourth-order valence-corrected chi connectivity index (χ4v) is 2.46. The van der Waals surface area contributed by atoms with Crippen molar-refractivity contribution in [3.63, 3.8) is 0 Å². The third kappa shape index (κ3) is 4.34. The standard InChI is InChI=1S/C14H11Cl3N2O3/c15-8-5-9(16)14(10(17)6-8)19-18-13(21)7-22-12-4-2-1-3-11(12)20/h1-6,19-20H,7H2,(H,18,21). The van der Waals surface area contributed by atoms with E-state index in [-0.39, 0.29) is 28.2 Å². The zero-order valence-corrected chi connectivity index (χ0v) is 13.3. The number of anilines is 1. The minimum atomic E-state index is -0.481. The number of aromatic hydroxyl groups is 1. The number of nitrogens with one attached hydrogen (secondary N) is 2. The van der Waals surface area contributed by atoms with Crippen molar-refractivity contribution in [2.75, 3.05) is 12.0 Å². The molecule has 0 fully saturated rings. The minimum Gasteiger partial charge on any atom is -0.504 e. The number of carbonyl (C=O) groups excluding carboxylic acids is 1. The molecule has 0 saturated heterocycles. The van der Waals surface area contributed by atoms with Gasteiger partial charge in [-0.25, -0.2) is 0 Å². The van der Waals surface area contributed by atoms with Crippen LogP contribution in [0.15, 0.2) is 36.4 Å². The number of ether oxygens (including phenoxy) is 1. The molecule has 0 aliphatic rings. The summed E-state index contributed by atoms with van der Waals surface area (Å²) < 4.78 is 5.18. The normalized spacial score (nSPS) is 10.1. The Kier molecular flexibility index (Phi) is 5.60. The molecule has 5 nitrogen and oxygen atoms in total. The Morgan fingerprint density at radius 3 is 2.41 bits per heavy atom. The Morgan fingerprint density at radius 2 is 1.77 bits per heavy atom. The highest BCUT2D eigenvalue weighted by atomic mass is 35.5. The maximum Gasteiger partial charge on any atom is 0.276 e. The molecule has 0 saturated carbocycles. The van der Waals surface area contributed by atoms with E-state index in [0.29, 0.717) is 10.7 Å². The van der Waals surface area contributed by atoms with Gasteiger partial charge in [0.25, 0.3) is 5.91 Å². The summed E-state index contributed by atoms with van der Waals surface area (Å²) in [6.45, 7) is -0.298. The Bertz CT molecular complexity index is 672. The molecule has 0 aliphatic heterocycles. The predicted octanol–water partition coefficient (Wildman–Crippen LogP) is 3.87. The van der Waals surface area contributed by atoms with Crippen LogP contribution in [-0.2, 0) is 4.79 Å². The largest absolute Gasteiger partial charge is 0.504 e. The van der Waals surface area contributed by atoms with Crippen LogP contribution in [0, 0.1) is 0 Å². The maximum absolute atomic E-state index is 11.7. The van der Waals surface area contributed by atoms with E-state index in [1.807, 2.05) is 0 Å². The molecule has 0 aliphatic carbocycles. The highest BCUT2D eigenvalue weighted by Gasteiger charge is 2.10. The van der Waals surface area contributed by atoms with Crippen LogP contribution in [-0.4, -0.2) is 17.6 Å². The van der Waals surface area contributed by atoms with Crippen molar-refractivity contribution in [1.29, 1.82) is 0 Å². The van der Waals surface area contributed by atoms with Crippen LogP contribution in [0.2, 0.25) is 15.1 Å². The van der Waals surface area contributed by atoms with Gasteiger partial charge in [-0.15, -0.1) is 0 Å². The van der Waals surface area contributed by atoms with Gasteiger partial charge in [-0.05, 0) is 24.3 Å². The van der Waals surface area contributed by atoms with Crippen molar-refractivity contribution >= 4 is 46.4 Å². The van der Waals surface area contributed by atoms with E-state index >= 15 is 0 Å². The number of benzene rings is 2. The van der Waals surface area contributed by atoms with Crippen molar-refractivity contribution in [2.45, 2.75) is 0 Å². The molecular formula is C14H11Cl3N2O3. The van der Waals surface area contributed by atoms with Crippen molar-refractivity contribution in [3.05, 3.63) is 51.5 Å². The van der Waals surface area contributed by atoms with E-state index in [0.717, 1.165) is 0 Å².